The number of ether oxygens (including phenoxy) is 2. The van der Waals surface area contributed by atoms with Gasteiger partial charge in [-0.15, -0.1) is 0 Å². The zero-order valence-electron chi connectivity index (χ0n) is 11.3. The Labute approximate surface area is 105 Å². The molecule has 3 nitrogen and oxygen atoms in total. The zero-order chi connectivity index (χ0) is 12.1. The van der Waals surface area contributed by atoms with Gasteiger partial charge in [0.1, 0.15) is 0 Å². The molecule has 2 unspecified atom stereocenters. The van der Waals surface area contributed by atoms with E-state index >= 15 is 0 Å². The minimum Gasteiger partial charge on any atom is -0.378 e. The summed E-state index contributed by atoms with van der Waals surface area (Å²) in [5.41, 5.74) is 0.130. The molecule has 2 atom stereocenters. The first-order valence-electron chi connectivity index (χ1n) is 7.15. The fraction of sp³-hybridized carbons (Fsp3) is 1.00. The van der Waals surface area contributed by atoms with Gasteiger partial charge < -0.3 is 14.8 Å². The molecule has 1 heterocycles. The smallest absolute Gasteiger partial charge is 0.0830 e. The Balaban J connectivity index is 1.71. The summed E-state index contributed by atoms with van der Waals surface area (Å²) in [7, 11) is 3.93. The van der Waals surface area contributed by atoms with Gasteiger partial charge in [-0.05, 0) is 58.4 Å². The van der Waals surface area contributed by atoms with Gasteiger partial charge in [-0.3, -0.25) is 0 Å². The van der Waals surface area contributed by atoms with Crippen LogP contribution >= 0.6 is 0 Å². The average molecular weight is 241 g/mol. The molecule has 3 heteroatoms. The highest BCUT2D eigenvalue weighted by molar-refractivity contribution is 4.99. The molecular weight excluding hydrogens is 214 g/mol. The molecule has 2 fully saturated rings. The molecule has 0 aromatic rings. The second-order valence-corrected chi connectivity index (χ2v) is 5.53. The van der Waals surface area contributed by atoms with Crippen LogP contribution < -0.4 is 5.32 Å². The van der Waals surface area contributed by atoms with Gasteiger partial charge in [-0.1, -0.05) is 0 Å². The third kappa shape index (κ3) is 3.01. The van der Waals surface area contributed by atoms with Crippen LogP contribution in [-0.2, 0) is 9.47 Å². The van der Waals surface area contributed by atoms with Gasteiger partial charge >= 0.3 is 0 Å². The van der Waals surface area contributed by atoms with Crippen molar-refractivity contribution in [3.05, 3.63) is 0 Å². The van der Waals surface area contributed by atoms with Gasteiger partial charge in [0.2, 0.25) is 0 Å². The number of hydrogen-bond donors (Lipinski definition) is 1. The maximum Gasteiger partial charge on any atom is 0.0830 e. The number of hydrogen-bond acceptors (Lipinski definition) is 3. The summed E-state index contributed by atoms with van der Waals surface area (Å²) in [4.78, 5) is 0. The summed E-state index contributed by atoms with van der Waals surface area (Å²) in [6.45, 7) is 0.974. The lowest BCUT2D eigenvalue weighted by Crippen LogP contribution is -2.55. The Morgan fingerprint density at radius 2 is 2.24 bits per heavy atom. The number of rotatable bonds is 7. The number of nitrogens with one attached hydrogen (secondary N) is 1. The normalized spacial score (nSPS) is 28.9. The van der Waals surface area contributed by atoms with E-state index in [1.54, 1.807) is 0 Å². The van der Waals surface area contributed by atoms with Crippen LogP contribution in [0.1, 0.15) is 51.4 Å². The van der Waals surface area contributed by atoms with Crippen molar-refractivity contribution in [3.63, 3.8) is 0 Å². The van der Waals surface area contributed by atoms with Crippen LogP contribution in [0.25, 0.3) is 0 Å². The summed E-state index contributed by atoms with van der Waals surface area (Å²) in [5.74, 6) is 0. The zero-order valence-corrected chi connectivity index (χ0v) is 11.3. The van der Waals surface area contributed by atoms with Gasteiger partial charge in [0.25, 0.3) is 0 Å². The molecule has 1 saturated carbocycles. The van der Waals surface area contributed by atoms with Crippen molar-refractivity contribution in [1.82, 2.24) is 5.32 Å². The molecule has 1 saturated heterocycles. The Kier molecular flexibility index (Phi) is 4.83. The third-order valence-electron chi connectivity index (χ3n) is 4.63. The summed E-state index contributed by atoms with van der Waals surface area (Å²) >= 11 is 0. The van der Waals surface area contributed by atoms with Crippen LogP contribution in [0.5, 0.6) is 0 Å². The van der Waals surface area contributed by atoms with Crippen molar-refractivity contribution in [2.45, 2.75) is 69.1 Å². The Hall–Kier alpha value is -0.120. The summed E-state index contributed by atoms with van der Waals surface area (Å²) in [6, 6.07) is 0.516. The van der Waals surface area contributed by atoms with E-state index in [-0.39, 0.29) is 5.60 Å². The van der Waals surface area contributed by atoms with E-state index in [1.807, 2.05) is 7.11 Å². The van der Waals surface area contributed by atoms with Crippen molar-refractivity contribution < 1.29 is 9.47 Å². The molecule has 0 bridgehead atoms. The van der Waals surface area contributed by atoms with Crippen LogP contribution in [-0.4, -0.2) is 38.5 Å². The quantitative estimate of drug-likeness (QED) is 0.743. The third-order valence-corrected chi connectivity index (χ3v) is 4.63. The van der Waals surface area contributed by atoms with Gasteiger partial charge in [0, 0.05) is 19.8 Å². The highest BCUT2D eigenvalue weighted by Crippen LogP contribution is 2.39. The van der Waals surface area contributed by atoms with E-state index in [2.05, 4.69) is 12.4 Å². The Morgan fingerprint density at radius 3 is 2.71 bits per heavy atom. The molecule has 100 valence electrons. The summed E-state index contributed by atoms with van der Waals surface area (Å²) < 4.78 is 11.4. The highest BCUT2D eigenvalue weighted by atomic mass is 16.5. The van der Waals surface area contributed by atoms with Gasteiger partial charge in [0.15, 0.2) is 0 Å². The highest BCUT2D eigenvalue weighted by Gasteiger charge is 2.43. The first-order valence-corrected chi connectivity index (χ1v) is 7.15. The largest absolute Gasteiger partial charge is 0.378 e. The first-order chi connectivity index (χ1) is 8.30. The van der Waals surface area contributed by atoms with Crippen LogP contribution in [0.4, 0.5) is 0 Å². The Bertz CT molecular complexity index is 217. The van der Waals surface area contributed by atoms with Gasteiger partial charge in [-0.2, -0.15) is 0 Å². The second kappa shape index (κ2) is 6.17. The van der Waals surface area contributed by atoms with E-state index in [1.165, 1.54) is 51.4 Å². The number of methoxy groups -OCH3 is 1. The molecular formula is C14H27NO2. The lowest BCUT2D eigenvalue weighted by Gasteiger charge is -2.46. The van der Waals surface area contributed by atoms with Crippen LogP contribution in [0.15, 0.2) is 0 Å². The van der Waals surface area contributed by atoms with Crippen molar-refractivity contribution in [2.75, 3.05) is 20.8 Å². The minimum absolute atomic E-state index is 0.130. The molecule has 1 N–H and O–H groups in total. The van der Waals surface area contributed by atoms with Crippen LogP contribution in [0.2, 0.25) is 0 Å². The minimum atomic E-state index is 0.130. The molecule has 0 aromatic carbocycles. The fourth-order valence-corrected chi connectivity index (χ4v) is 3.31. The van der Waals surface area contributed by atoms with Crippen LogP contribution in [0.3, 0.4) is 0 Å². The van der Waals surface area contributed by atoms with E-state index in [4.69, 9.17) is 9.47 Å². The monoisotopic (exact) mass is 241 g/mol. The predicted molar refractivity (Wildman–Crippen MR) is 69.3 cm³/mol. The molecule has 0 spiro atoms. The molecule has 1 aliphatic carbocycles. The standard InChI is InChI=1S/C14H27NO2/c1-15-13(14(16-2)9-5-10-14)8-3-6-12-7-4-11-17-12/h12-13,15H,3-11H2,1-2H3. The second-order valence-electron chi connectivity index (χ2n) is 5.53. The van der Waals surface area contributed by atoms with Crippen LogP contribution in [0, 0.1) is 0 Å². The van der Waals surface area contributed by atoms with E-state index in [0.29, 0.717) is 12.1 Å². The predicted octanol–water partition coefficient (Wildman–Crippen LogP) is 2.49. The molecule has 0 aromatic heterocycles. The average Bonchev–Trinajstić information content (AvgIpc) is 2.79. The van der Waals surface area contributed by atoms with Crippen molar-refractivity contribution in [3.8, 4) is 0 Å². The maximum absolute atomic E-state index is 5.76. The van der Waals surface area contributed by atoms with Crippen molar-refractivity contribution in [1.29, 1.82) is 0 Å². The molecule has 1 aliphatic heterocycles. The van der Waals surface area contributed by atoms with E-state index < -0.39 is 0 Å². The molecule has 2 aliphatic rings. The van der Waals surface area contributed by atoms with Gasteiger partial charge in [-0.25, -0.2) is 0 Å². The molecule has 0 amide bonds. The summed E-state index contributed by atoms with van der Waals surface area (Å²) in [5, 5.41) is 3.46. The Morgan fingerprint density at radius 1 is 1.41 bits per heavy atom. The fourth-order valence-electron chi connectivity index (χ4n) is 3.31. The summed E-state index contributed by atoms with van der Waals surface area (Å²) in [6.07, 6.45) is 10.5. The SMILES string of the molecule is CNC(CCCC1CCCO1)C1(OC)CCC1. The number of likely N-dealkylation sites (N-methyl/N-ethyl adjacent to an activating group) is 1. The molecule has 17 heavy (non-hydrogen) atoms. The molecule has 2 rings (SSSR count). The molecule has 0 radical (unpaired) electrons. The maximum atomic E-state index is 5.76. The first kappa shape index (κ1) is 13.3. The lowest BCUT2D eigenvalue weighted by molar-refractivity contribution is -0.0991. The van der Waals surface area contributed by atoms with Gasteiger partial charge in [0.05, 0.1) is 11.7 Å². The topological polar surface area (TPSA) is 30.5 Å². The van der Waals surface area contributed by atoms with Crippen molar-refractivity contribution in [2.24, 2.45) is 0 Å². The van der Waals surface area contributed by atoms with E-state index in [0.717, 1.165) is 6.61 Å². The van der Waals surface area contributed by atoms with Crippen molar-refractivity contribution >= 4 is 0 Å². The van der Waals surface area contributed by atoms with E-state index in [9.17, 15) is 0 Å². The lowest BCUT2D eigenvalue weighted by atomic mass is 9.73.